The van der Waals surface area contributed by atoms with Crippen LogP contribution in [0.4, 0.5) is 0 Å². The van der Waals surface area contributed by atoms with E-state index < -0.39 is 5.97 Å². The molecule has 1 aliphatic heterocycles. The monoisotopic (exact) mass is 261 g/mol. The quantitative estimate of drug-likeness (QED) is 0.906. The molecule has 1 fully saturated rings. The molecule has 0 aliphatic carbocycles. The van der Waals surface area contributed by atoms with Gasteiger partial charge in [0.25, 0.3) is 5.91 Å². The van der Waals surface area contributed by atoms with Crippen LogP contribution in [0.25, 0.3) is 0 Å². The first-order chi connectivity index (χ1) is 9.11. The lowest BCUT2D eigenvalue weighted by Gasteiger charge is -2.16. The van der Waals surface area contributed by atoms with Gasteiger partial charge in [0.15, 0.2) is 0 Å². The van der Waals surface area contributed by atoms with Crippen molar-refractivity contribution in [2.75, 3.05) is 13.1 Å². The third kappa shape index (κ3) is 3.13. The summed E-state index contributed by atoms with van der Waals surface area (Å²) in [5.41, 5.74) is 0.781. The van der Waals surface area contributed by atoms with Crippen LogP contribution in [-0.4, -0.2) is 35.0 Å². The number of carbonyl (C=O) groups excluding carboxylic acids is 1. The third-order valence-corrected chi connectivity index (χ3v) is 3.65. The number of amides is 1. The van der Waals surface area contributed by atoms with Crippen LogP contribution in [-0.2, 0) is 0 Å². The molecule has 102 valence electrons. The number of carboxylic acid groups (broad SMARTS) is 1. The van der Waals surface area contributed by atoms with Crippen molar-refractivity contribution in [2.24, 2.45) is 5.92 Å². The molecule has 1 heterocycles. The van der Waals surface area contributed by atoms with Gasteiger partial charge in [-0.25, -0.2) is 4.79 Å². The van der Waals surface area contributed by atoms with Gasteiger partial charge in [0.2, 0.25) is 0 Å². The minimum absolute atomic E-state index is 0.00976. The van der Waals surface area contributed by atoms with E-state index in [1.54, 1.807) is 12.1 Å². The number of rotatable bonds is 4. The van der Waals surface area contributed by atoms with Gasteiger partial charge in [-0.2, -0.15) is 0 Å². The molecule has 19 heavy (non-hydrogen) atoms. The van der Waals surface area contributed by atoms with Gasteiger partial charge in [0, 0.05) is 18.7 Å². The number of benzene rings is 1. The van der Waals surface area contributed by atoms with E-state index in [2.05, 4.69) is 6.92 Å². The first-order valence-corrected chi connectivity index (χ1v) is 6.74. The molecule has 4 nitrogen and oxygen atoms in total. The largest absolute Gasteiger partial charge is 0.478 e. The fourth-order valence-electron chi connectivity index (χ4n) is 2.60. The van der Waals surface area contributed by atoms with Crippen molar-refractivity contribution in [3.8, 4) is 0 Å². The maximum atomic E-state index is 12.3. The average Bonchev–Trinajstić information content (AvgIpc) is 2.87. The van der Waals surface area contributed by atoms with Crippen LogP contribution in [0.5, 0.6) is 0 Å². The van der Waals surface area contributed by atoms with Gasteiger partial charge in [0.05, 0.1) is 5.56 Å². The van der Waals surface area contributed by atoms with Crippen LogP contribution in [0.3, 0.4) is 0 Å². The van der Waals surface area contributed by atoms with Crippen molar-refractivity contribution >= 4 is 11.9 Å². The van der Waals surface area contributed by atoms with E-state index in [-0.39, 0.29) is 11.5 Å². The second-order valence-electron chi connectivity index (χ2n) is 5.08. The Balaban J connectivity index is 2.02. The molecule has 0 aromatic heterocycles. The summed E-state index contributed by atoms with van der Waals surface area (Å²) in [6.07, 6.45) is 3.40. The van der Waals surface area contributed by atoms with Gasteiger partial charge in [-0.05, 0) is 43.0 Å². The SMILES string of the molecule is CCCC1CCN(C(=O)c2ccc(C(=O)O)cc2)C1. The number of carboxylic acids is 1. The Hall–Kier alpha value is -1.84. The first-order valence-electron chi connectivity index (χ1n) is 6.74. The highest BCUT2D eigenvalue weighted by molar-refractivity contribution is 5.96. The van der Waals surface area contributed by atoms with Crippen LogP contribution < -0.4 is 0 Å². The van der Waals surface area contributed by atoms with Gasteiger partial charge in [-0.1, -0.05) is 13.3 Å². The number of nitrogens with zero attached hydrogens (tertiary/aromatic N) is 1. The molecule has 1 saturated heterocycles. The molecule has 1 aromatic rings. The topological polar surface area (TPSA) is 57.6 Å². The Bertz CT molecular complexity index is 467. The van der Waals surface area contributed by atoms with Gasteiger partial charge >= 0.3 is 5.97 Å². The van der Waals surface area contributed by atoms with E-state index >= 15 is 0 Å². The molecule has 1 atom stereocenters. The molecular formula is C15H19NO3. The highest BCUT2D eigenvalue weighted by Gasteiger charge is 2.26. The van der Waals surface area contributed by atoms with Crippen LogP contribution in [0.1, 0.15) is 46.9 Å². The van der Waals surface area contributed by atoms with Gasteiger partial charge in [-0.15, -0.1) is 0 Å². The summed E-state index contributed by atoms with van der Waals surface area (Å²) in [4.78, 5) is 24.9. The Labute approximate surface area is 113 Å². The molecule has 1 N–H and O–H groups in total. The molecule has 0 saturated carbocycles. The van der Waals surface area contributed by atoms with Crippen LogP contribution in [0.15, 0.2) is 24.3 Å². The molecule has 0 spiro atoms. The Morgan fingerprint density at radius 2 is 1.89 bits per heavy atom. The standard InChI is InChI=1S/C15H19NO3/c1-2-3-11-8-9-16(10-11)14(17)12-4-6-13(7-5-12)15(18)19/h4-7,11H,2-3,8-10H2,1H3,(H,18,19). The van der Waals surface area contributed by atoms with E-state index in [1.807, 2.05) is 4.90 Å². The number of hydrogen-bond donors (Lipinski definition) is 1. The van der Waals surface area contributed by atoms with Gasteiger partial charge in [-0.3, -0.25) is 4.79 Å². The third-order valence-electron chi connectivity index (χ3n) is 3.65. The van der Waals surface area contributed by atoms with Gasteiger partial charge in [0.1, 0.15) is 0 Å². The maximum Gasteiger partial charge on any atom is 0.335 e. The molecule has 0 bridgehead atoms. The van der Waals surface area contributed by atoms with Crippen molar-refractivity contribution in [3.63, 3.8) is 0 Å². The second-order valence-corrected chi connectivity index (χ2v) is 5.08. The van der Waals surface area contributed by atoms with Crippen molar-refractivity contribution in [1.29, 1.82) is 0 Å². The van der Waals surface area contributed by atoms with E-state index in [1.165, 1.54) is 18.6 Å². The number of carbonyl (C=O) groups is 2. The minimum Gasteiger partial charge on any atom is -0.478 e. The van der Waals surface area contributed by atoms with Crippen LogP contribution in [0.2, 0.25) is 0 Å². The Kier molecular flexibility index (Phi) is 4.20. The maximum absolute atomic E-state index is 12.3. The summed E-state index contributed by atoms with van der Waals surface area (Å²) in [5.74, 6) is -0.342. The second kappa shape index (κ2) is 5.87. The molecule has 2 rings (SSSR count). The highest BCUT2D eigenvalue weighted by atomic mass is 16.4. The lowest BCUT2D eigenvalue weighted by molar-refractivity contribution is 0.0695. The Morgan fingerprint density at radius 3 is 2.47 bits per heavy atom. The van der Waals surface area contributed by atoms with Crippen molar-refractivity contribution < 1.29 is 14.7 Å². The summed E-state index contributed by atoms with van der Waals surface area (Å²) >= 11 is 0. The molecule has 1 aromatic carbocycles. The number of aromatic carboxylic acids is 1. The molecule has 4 heteroatoms. The smallest absolute Gasteiger partial charge is 0.335 e. The van der Waals surface area contributed by atoms with Crippen molar-refractivity contribution in [1.82, 2.24) is 4.90 Å². The van der Waals surface area contributed by atoms with E-state index in [9.17, 15) is 9.59 Å². The van der Waals surface area contributed by atoms with Crippen molar-refractivity contribution in [2.45, 2.75) is 26.2 Å². The summed E-state index contributed by atoms with van der Waals surface area (Å²) in [7, 11) is 0. The fraction of sp³-hybridized carbons (Fsp3) is 0.467. The summed E-state index contributed by atoms with van der Waals surface area (Å²) in [6, 6.07) is 6.15. The fourth-order valence-corrected chi connectivity index (χ4v) is 2.60. The lowest BCUT2D eigenvalue weighted by atomic mass is 10.0. The zero-order valence-corrected chi connectivity index (χ0v) is 11.1. The highest BCUT2D eigenvalue weighted by Crippen LogP contribution is 2.22. The number of hydrogen-bond acceptors (Lipinski definition) is 2. The molecule has 0 radical (unpaired) electrons. The first kappa shape index (κ1) is 13.6. The molecule has 1 amide bonds. The predicted molar refractivity (Wildman–Crippen MR) is 72.3 cm³/mol. The zero-order valence-electron chi connectivity index (χ0n) is 11.1. The van der Waals surface area contributed by atoms with Crippen molar-refractivity contribution in [3.05, 3.63) is 35.4 Å². The lowest BCUT2D eigenvalue weighted by Crippen LogP contribution is -2.28. The predicted octanol–water partition coefficient (Wildman–Crippen LogP) is 2.65. The average molecular weight is 261 g/mol. The van der Waals surface area contributed by atoms with E-state index in [4.69, 9.17) is 5.11 Å². The minimum atomic E-state index is -0.969. The zero-order chi connectivity index (χ0) is 13.8. The van der Waals surface area contributed by atoms with Crippen LogP contribution >= 0.6 is 0 Å². The summed E-state index contributed by atoms with van der Waals surface area (Å²) in [5, 5.41) is 8.82. The molecule has 1 aliphatic rings. The van der Waals surface area contributed by atoms with Gasteiger partial charge < -0.3 is 10.0 Å². The van der Waals surface area contributed by atoms with E-state index in [0.29, 0.717) is 11.5 Å². The molecular weight excluding hydrogens is 242 g/mol. The Morgan fingerprint density at radius 1 is 1.26 bits per heavy atom. The van der Waals surface area contributed by atoms with Crippen LogP contribution in [0, 0.1) is 5.92 Å². The summed E-state index contributed by atoms with van der Waals surface area (Å²) in [6.45, 7) is 3.80. The molecule has 1 unspecified atom stereocenters. The van der Waals surface area contributed by atoms with E-state index in [0.717, 1.165) is 25.9 Å². The summed E-state index contributed by atoms with van der Waals surface area (Å²) < 4.78 is 0. The normalized spacial score (nSPS) is 18.6. The number of likely N-dealkylation sites (tertiary alicyclic amines) is 1.